The Labute approximate surface area is 378 Å². The molecule has 2 N–H and O–H groups in total. The van der Waals surface area contributed by atoms with Crippen LogP contribution in [0.2, 0.25) is 5.02 Å². The number of fused-ring (bicyclic) bond motifs is 1. The highest BCUT2D eigenvalue weighted by Crippen LogP contribution is 2.41. The first kappa shape index (κ1) is 48.7. The second-order valence-electron chi connectivity index (χ2n) is 17.7. The molecule has 5 amide bonds. The Bertz CT molecular complexity index is 1960. The van der Waals surface area contributed by atoms with Gasteiger partial charge in [-0.25, -0.2) is 9.59 Å². The molecule has 64 heavy (non-hydrogen) atoms. The van der Waals surface area contributed by atoms with Crippen molar-refractivity contribution in [1.29, 1.82) is 0 Å². The molecule has 14 nitrogen and oxygen atoms in total. The maximum atomic E-state index is 14.1. The van der Waals surface area contributed by atoms with E-state index in [0.717, 1.165) is 62.6 Å². The molecule has 0 saturated carbocycles. The number of hydrogen-bond donors (Lipinski definition) is 2. The maximum Gasteiger partial charge on any atom is 0.420 e. The molecule has 0 aliphatic carbocycles. The lowest BCUT2D eigenvalue weighted by Crippen LogP contribution is -2.51. The first-order chi connectivity index (χ1) is 30.6. The minimum Gasteiger partial charge on any atom is -0.506 e. The number of benzene rings is 2. The van der Waals surface area contributed by atoms with E-state index in [0.29, 0.717) is 89.7 Å². The number of phenolic OH excluding ortho intramolecular Hbond substituents is 1. The molecule has 4 heterocycles. The molecule has 352 valence electrons. The van der Waals surface area contributed by atoms with Crippen molar-refractivity contribution >= 4 is 47.2 Å². The highest BCUT2D eigenvalue weighted by Gasteiger charge is 2.38. The molecule has 18 heteroatoms. The van der Waals surface area contributed by atoms with E-state index in [4.69, 9.17) is 21.1 Å². The number of hydrogen-bond acceptors (Lipinski definition) is 9. The van der Waals surface area contributed by atoms with Gasteiger partial charge in [0.1, 0.15) is 5.75 Å². The molecular weight excluding hydrogens is 857 g/mol. The average Bonchev–Trinajstić information content (AvgIpc) is 3.45. The summed E-state index contributed by atoms with van der Waals surface area (Å²) >= 11 is 6.02. The van der Waals surface area contributed by atoms with Gasteiger partial charge in [0, 0.05) is 77.4 Å². The number of alkyl halides is 3. The Kier molecular flexibility index (Phi) is 17.1. The fourth-order valence-corrected chi connectivity index (χ4v) is 9.51. The van der Waals surface area contributed by atoms with Crippen LogP contribution in [0.15, 0.2) is 36.4 Å². The van der Waals surface area contributed by atoms with E-state index in [1.807, 2.05) is 29.2 Å². The molecule has 6 rings (SSSR count). The molecule has 0 spiro atoms. The van der Waals surface area contributed by atoms with Crippen molar-refractivity contribution in [2.45, 2.75) is 102 Å². The van der Waals surface area contributed by atoms with Crippen LogP contribution in [0, 0.1) is 11.8 Å². The summed E-state index contributed by atoms with van der Waals surface area (Å²) in [6.07, 6.45) is -0.106. The van der Waals surface area contributed by atoms with Crippen molar-refractivity contribution in [3.8, 4) is 5.75 Å². The maximum absolute atomic E-state index is 14.1. The smallest absolute Gasteiger partial charge is 0.420 e. The minimum absolute atomic E-state index is 0.0412. The predicted octanol–water partition coefficient (Wildman–Crippen LogP) is 7.20. The number of ether oxygens (including phenoxy) is 2. The molecule has 2 aromatic rings. The summed E-state index contributed by atoms with van der Waals surface area (Å²) in [6.45, 7) is 7.33. The van der Waals surface area contributed by atoms with Gasteiger partial charge in [0.05, 0.1) is 23.6 Å². The molecule has 3 saturated heterocycles. The third kappa shape index (κ3) is 13.2. The Morgan fingerprint density at radius 3 is 2.42 bits per heavy atom. The lowest BCUT2D eigenvalue weighted by molar-refractivity contribution is -0.144. The van der Waals surface area contributed by atoms with Crippen molar-refractivity contribution in [3.05, 3.63) is 58.1 Å². The summed E-state index contributed by atoms with van der Waals surface area (Å²) in [5.41, 5.74) is 0.409. The van der Waals surface area contributed by atoms with E-state index in [1.165, 1.54) is 9.80 Å². The molecule has 2 aromatic carbocycles. The topological polar surface area (TPSA) is 152 Å². The zero-order valence-corrected chi connectivity index (χ0v) is 37.6. The molecule has 3 fully saturated rings. The number of halogens is 4. The third-order valence-electron chi connectivity index (χ3n) is 13.3. The van der Waals surface area contributed by atoms with Crippen LogP contribution >= 0.6 is 11.6 Å². The van der Waals surface area contributed by atoms with Crippen LogP contribution < -0.4 is 5.32 Å². The summed E-state index contributed by atoms with van der Waals surface area (Å²) in [7, 11) is 1.58. The van der Waals surface area contributed by atoms with E-state index in [-0.39, 0.29) is 48.5 Å². The summed E-state index contributed by atoms with van der Waals surface area (Å²) in [5.74, 6) is -1.20. The Balaban J connectivity index is 0.985. The van der Waals surface area contributed by atoms with Crippen molar-refractivity contribution in [2.24, 2.45) is 11.8 Å². The van der Waals surface area contributed by atoms with E-state index in [1.54, 1.807) is 11.9 Å². The number of nitrogens with one attached hydrogen (secondary N) is 1. The number of rotatable bonds is 16. The number of anilines is 1. The Morgan fingerprint density at radius 1 is 0.969 bits per heavy atom. The molecule has 1 unspecified atom stereocenters. The zero-order chi connectivity index (χ0) is 46.0. The van der Waals surface area contributed by atoms with Gasteiger partial charge in [-0.15, -0.1) is 0 Å². The molecule has 0 radical (unpaired) electrons. The predicted molar refractivity (Wildman–Crippen MR) is 234 cm³/mol. The monoisotopic (exact) mass is 918 g/mol. The van der Waals surface area contributed by atoms with Crippen LogP contribution in [0.1, 0.15) is 87.8 Å². The van der Waals surface area contributed by atoms with Crippen LogP contribution in [0.25, 0.3) is 0 Å². The van der Waals surface area contributed by atoms with Crippen LogP contribution in [-0.2, 0) is 42.9 Å². The number of urea groups is 1. The number of aromatic hydroxyl groups is 1. The molecule has 2 atom stereocenters. The Hall–Kier alpha value is -4.77. The number of para-hydroxylation sites is 1. The number of esters is 1. The van der Waals surface area contributed by atoms with Gasteiger partial charge < -0.3 is 44.4 Å². The van der Waals surface area contributed by atoms with E-state index in [2.05, 4.69) is 17.1 Å². The van der Waals surface area contributed by atoms with Gasteiger partial charge >= 0.3 is 24.3 Å². The molecule has 4 aliphatic heterocycles. The third-order valence-corrected chi connectivity index (χ3v) is 13.6. The molecular formula is C46H62ClF3N6O8. The first-order valence-corrected chi connectivity index (χ1v) is 23.1. The van der Waals surface area contributed by atoms with Gasteiger partial charge in [0.2, 0.25) is 5.91 Å². The lowest BCUT2D eigenvalue weighted by Gasteiger charge is -2.38. The number of carbonyl (C=O) groups excluding carboxylic acids is 5. The van der Waals surface area contributed by atoms with Gasteiger partial charge in [0.15, 0.2) is 6.10 Å². The highest BCUT2D eigenvalue weighted by molar-refractivity contribution is 6.32. The number of amides is 5. The lowest BCUT2D eigenvalue weighted by atomic mass is 9.83. The van der Waals surface area contributed by atoms with Crippen LogP contribution in [0.3, 0.4) is 0 Å². The van der Waals surface area contributed by atoms with Crippen LogP contribution in [0.4, 0.5) is 28.4 Å². The number of nitrogens with zero attached hydrogens (tertiary/aromatic N) is 5. The standard InChI is InChI=1S/C46H62ClF3N6O8/c1-31(33-12-21-53(22-13-33)23-17-41(58)63-27-7-19-54-18-6-5-10-40(54)57)11-20-52(2)43(60)39(30-32-28-36(46(48,49)50)42(59)37(47)29-32)64-45(62)55-24-15-35(16-25-55)56-26-14-34-8-3-4-9-38(34)51-44(56)61/h3-4,8-9,28-29,31,33,35,39,59H,5-7,10-27,30H2,1-2H3,(H,51,61)/t31?,39-/m1/s1. The quantitative estimate of drug-likeness (QED) is 0.132. The highest BCUT2D eigenvalue weighted by atomic mass is 35.5. The van der Waals surface area contributed by atoms with Gasteiger partial charge in [-0.3, -0.25) is 14.4 Å². The summed E-state index contributed by atoms with van der Waals surface area (Å²) in [4.78, 5) is 74.0. The molecule has 4 aliphatic rings. The fraction of sp³-hybridized carbons (Fsp3) is 0.630. The summed E-state index contributed by atoms with van der Waals surface area (Å²) in [6, 6.07) is 9.12. The number of piperidine rings is 3. The average molecular weight is 919 g/mol. The number of likely N-dealkylation sites (tertiary alicyclic amines) is 3. The van der Waals surface area contributed by atoms with Gasteiger partial charge in [-0.1, -0.05) is 36.7 Å². The summed E-state index contributed by atoms with van der Waals surface area (Å²) < 4.78 is 52.8. The number of carbonyl (C=O) groups is 5. The van der Waals surface area contributed by atoms with E-state index < -0.39 is 47.0 Å². The van der Waals surface area contributed by atoms with Crippen molar-refractivity contribution in [3.63, 3.8) is 0 Å². The van der Waals surface area contributed by atoms with E-state index >= 15 is 0 Å². The Morgan fingerprint density at radius 2 is 1.70 bits per heavy atom. The second-order valence-corrected chi connectivity index (χ2v) is 18.1. The zero-order valence-electron chi connectivity index (χ0n) is 36.9. The first-order valence-electron chi connectivity index (χ1n) is 22.7. The van der Waals surface area contributed by atoms with Crippen molar-refractivity contribution in [2.75, 3.05) is 77.9 Å². The van der Waals surface area contributed by atoms with Crippen LogP contribution in [0.5, 0.6) is 5.75 Å². The normalized spacial score (nSPS) is 19.1. The van der Waals surface area contributed by atoms with Crippen molar-refractivity contribution < 1.29 is 51.7 Å². The van der Waals surface area contributed by atoms with Gasteiger partial charge in [0.25, 0.3) is 5.91 Å². The van der Waals surface area contributed by atoms with Gasteiger partial charge in [-0.05, 0) is 112 Å². The number of phenols is 1. The minimum atomic E-state index is -4.93. The van der Waals surface area contributed by atoms with Gasteiger partial charge in [-0.2, -0.15) is 13.2 Å². The van der Waals surface area contributed by atoms with E-state index in [9.17, 15) is 42.3 Å². The van der Waals surface area contributed by atoms with Crippen LogP contribution in [-0.4, -0.2) is 144 Å². The second kappa shape index (κ2) is 22.4. The summed E-state index contributed by atoms with van der Waals surface area (Å²) in [5, 5.41) is 12.5. The van der Waals surface area contributed by atoms with Crippen molar-refractivity contribution in [1.82, 2.24) is 24.5 Å². The SMILES string of the molecule is CC(CCN(C)C(=O)[C@@H](Cc1cc(Cl)c(O)c(C(F)(F)F)c1)OC(=O)N1CCC(N2CCc3ccccc3NC2=O)CC1)C1CCN(CCC(=O)OCCCN2CCCCC2=O)CC1. The fourth-order valence-electron chi connectivity index (χ4n) is 9.27. The largest absolute Gasteiger partial charge is 0.506 e. The molecule has 0 aromatic heterocycles. The number of likely N-dealkylation sites (N-methyl/N-ethyl adjacent to an activating group) is 1. The molecule has 0 bridgehead atoms.